The van der Waals surface area contributed by atoms with E-state index in [0.717, 1.165) is 17.0 Å². The van der Waals surface area contributed by atoms with Crippen molar-refractivity contribution < 1.29 is 33.4 Å². The fraction of sp³-hybridized carbons (Fsp3) is 0.333. The van der Waals surface area contributed by atoms with E-state index in [9.17, 15) is 19.2 Å². The maximum absolute atomic E-state index is 12.6. The van der Waals surface area contributed by atoms with Crippen molar-refractivity contribution in [3.05, 3.63) is 53.6 Å². The molecule has 10 nitrogen and oxygen atoms in total. The van der Waals surface area contributed by atoms with Crippen LogP contribution in [0.4, 0.5) is 5.69 Å². The monoisotopic (exact) mass is 469 g/mol. The normalized spacial score (nSPS) is 15.0. The average molecular weight is 469 g/mol. The molecule has 3 rings (SSSR count). The molecule has 0 spiro atoms. The second-order valence-electron chi connectivity index (χ2n) is 7.58. The first-order valence-electron chi connectivity index (χ1n) is 10.7. The minimum Gasteiger partial charge on any atom is -0.493 e. The summed E-state index contributed by atoms with van der Waals surface area (Å²) >= 11 is 0. The summed E-state index contributed by atoms with van der Waals surface area (Å²) in [5.74, 6) is -2.11. The predicted octanol–water partition coefficient (Wildman–Crippen LogP) is 1.94. The fourth-order valence-corrected chi connectivity index (χ4v) is 3.53. The zero-order chi connectivity index (χ0) is 24.7. The number of amides is 3. The minimum atomic E-state index is -0.797. The maximum atomic E-state index is 12.6. The molecule has 0 saturated carbocycles. The summed E-state index contributed by atoms with van der Waals surface area (Å²) < 4.78 is 15.4. The van der Waals surface area contributed by atoms with Crippen LogP contribution in [0.2, 0.25) is 0 Å². The molecule has 1 saturated heterocycles. The number of esters is 1. The van der Waals surface area contributed by atoms with E-state index >= 15 is 0 Å². The number of methoxy groups -OCH3 is 2. The van der Waals surface area contributed by atoms with Gasteiger partial charge in [-0.15, -0.1) is 0 Å². The Morgan fingerprint density at radius 1 is 1.06 bits per heavy atom. The first-order valence-corrected chi connectivity index (χ1v) is 10.7. The molecule has 1 atom stereocenters. The number of carbonyl (C=O) groups is 4. The Morgan fingerprint density at radius 2 is 1.79 bits per heavy atom. The SMILES string of the molecule is CCc1ccccc1NC(=O)COC(=O)[C@@H]1CC(=O)N(NC(=O)c2ccc(OC)c(OC)c2)C1. The highest BCUT2D eigenvalue weighted by Gasteiger charge is 2.36. The number of hydrazine groups is 1. The first-order chi connectivity index (χ1) is 16.4. The Hall–Kier alpha value is -4.08. The Balaban J connectivity index is 1.52. The number of para-hydroxylation sites is 1. The van der Waals surface area contributed by atoms with Gasteiger partial charge in [0.05, 0.1) is 26.7 Å². The van der Waals surface area contributed by atoms with Crippen LogP contribution in [0.1, 0.15) is 29.3 Å². The molecular formula is C24H27N3O7. The van der Waals surface area contributed by atoms with E-state index in [1.165, 1.54) is 26.4 Å². The molecule has 0 unspecified atom stereocenters. The van der Waals surface area contributed by atoms with Crippen LogP contribution in [0.3, 0.4) is 0 Å². The molecule has 3 amide bonds. The van der Waals surface area contributed by atoms with Gasteiger partial charge in [0.1, 0.15) is 0 Å². The summed E-state index contributed by atoms with van der Waals surface area (Å²) in [5.41, 5.74) is 4.36. The van der Waals surface area contributed by atoms with E-state index in [-0.39, 0.29) is 18.5 Å². The average Bonchev–Trinajstić information content (AvgIpc) is 3.22. The van der Waals surface area contributed by atoms with E-state index < -0.39 is 36.2 Å². The number of anilines is 1. The molecule has 10 heteroatoms. The number of nitrogens with zero attached hydrogens (tertiary/aromatic N) is 1. The third kappa shape index (κ3) is 5.83. The molecule has 0 aliphatic carbocycles. The maximum Gasteiger partial charge on any atom is 0.311 e. The number of ether oxygens (including phenoxy) is 3. The Bertz CT molecular complexity index is 1090. The van der Waals surface area contributed by atoms with Crippen molar-refractivity contribution in [1.29, 1.82) is 0 Å². The van der Waals surface area contributed by atoms with Gasteiger partial charge in [-0.1, -0.05) is 25.1 Å². The van der Waals surface area contributed by atoms with E-state index in [0.29, 0.717) is 17.2 Å². The highest BCUT2D eigenvalue weighted by molar-refractivity contribution is 5.97. The van der Waals surface area contributed by atoms with Gasteiger partial charge in [0.15, 0.2) is 18.1 Å². The summed E-state index contributed by atoms with van der Waals surface area (Å²) in [6.07, 6.45) is 0.608. The molecule has 0 aromatic heterocycles. The number of aryl methyl sites for hydroxylation is 1. The lowest BCUT2D eigenvalue weighted by Crippen LogP contribution is -2.43. The zero-order valence-corrected chi connectivity index (χ0v) is 19.3. The molecule has 2 aromatic carbocycles. The van der Waals surface area contributed by atoms with Crippen LogP contribution < -0.4 is 20.2 Å². The van der Waals surface area contributed by atoms with Crippen LogP contribution in [0.5, 0.6) is 11.5 Å². The molecule has 2 aromatic rings. The van der Waals surface area contributed by atoms with Crippen LogP contribution in [-0.4, -0.2) is 56.1 Å². The second kappa shape index (κ2) is 11.2. The quantitative estimate of drug-likeness (QED) is 0.538. The molecular weight excluding hydrogens is 442 g/mol. The highest BCUT2D eigenvalue weighted by Crippen LogP contribution is 2.27. The predicted molar refractivity (Wildman–Crippen MR) is 122 cm³/mol. The standard InChI is InChI=1S/C24H27N3O7/c1-4-15-7-5-6-8-18(15)25-21(28)14-34-24(31)17-12-22(29)27(13-17)26-23(30)16-9-10-19(32-2)20(11-16)33-3/h5-11,17H,4,12-14H2,1-3H3,(H,25,28)(H,26,30)/t17-/m1/s1. The number of nitrogens with one attached hydrogen (secondary N) is 2. The fourth-order valence-electron chi connectivity index (χ4n) is 3.53. The van der Waals surface area contributed by atoms with Gasteiger partial charge in [0.2, 0.25) is 5.91 Å². The van der Waals surface area contributed by atoms with Crippen LogP contribution in [-0.2, 0) is 25.5 Å². The third-order valence-electron chi connectivity index (χ3n) is 5.36. The van der Waals surface area contributed by atoms with Gasteiger partial charge >= 0.3 is 5.97 Å². The molecule has 1 aliphatic heterocycles. The number of hydrogen-bond donors (Lipinski definition) is 2. The summed E-state index contributed by atoms with van der Waals surface area (Å²) in [4.78, 5) is 49.5. The van der Waals surface area contributed by atoms with E-state index in [1.54, 1.807) is 18.2 Å². The molecule has 2 N–H and O–H groups in total. The Labute approximate surface area is 197 Å². The number of rotatable bonds is 9. The lowest BCUT2D eigenvalue weighted by Gasteiger charge is -2.18. The van der Waals surface area contributed by atoms with E-state index in [2.05, 4.69) is 10.7 Å². The van der Waals surface area contributed by atoms with Gasteiger partial charge in [-0.05, 0) is 36.2 Å². The number of carbonyl (C=O) groups excluding carboxylic acids is 4. The van der Waals surface area contributed by atoms with Crippen LogP contribution >= 0.6 is 0 Å². The van der Waals surface area contributed by atoms with Crippen molar-refractivity contribution in [2.45, 2.75) is 19.8 Å². The smallest absolute Gasteiger partial charge is 0.311 e. The lowest BCUT2D eigenvalue weighted by atomic mass is 10.1. The molecule has 0 radical (unpaired) electrons. The topological polar surface area (TPSA) is 123 Å². The highest BCUT2D eigenvalue weighted by atomic mass is 16.5. The summed E-state index contributed by atoms with van der Waals surface area (Å²) in [6, 6.07) is 11.9. The van der Waals surface area contributed by atoms with Gasteiger partial charge in [-0.25, -0.2) is 0 Å². The molecule has 34 heavy (non-hydrogen) atoms. The molecule has 0 bridgehead atoms. The van der Waals surface area contributed by atoms with Crippen LogP contribution in [0, 0.1) is 5.92 Å². The second-order valence-corrected chi connectivity index (χ2v) is 7.58. The van der Waals surface area contributed by atoms with Gasteiger partial charge in [0.25, 0.3) is 11.8 Å². The minimum absolute atomic E-state index is 0.0585. The van der Waals surface area contributed by atoms with E-state index in [1.807, 2.05) is 19.1 Å². The first kappa shape index (κ1) is 24.6. The van der Waals surface area contributed by atoms with Crippen molar-refractivity contribution in [1.82, 2.24) is 10.4 Å². The van der Waals surface area contributed by atoms with Crippen molar-refractivity contribution in [3.8, 4) is 11.5 Å². The van der Waals surface area contributed by atoms with Gasteiger partial charge in [0, 0.05) is 17.7 Å². The summed E-state index contributed by atoms with van der Waals surface area (Å²) in [6.45, 7) is 1.44. The number of hydrogen-bond acceptors (Lipinski definition) is 7. The van der Waals surface area contributed by atoms with Gasteiger partial charge in [-0.3, -0.25) is 29.6 Å². The largest absolute Gasteiger partial charge is 0.493 e. The molecule has 1 heterocycles. The van der Waals surface area contributed by atoms with E-state index in [4.69, 9.17) is 14.2 Å². The van der Waals surface area contributed by atoms with Crippen LogP contribution in [0.15, 0.2) is 42.5 Å². The summed E-state index contributed by atoms with van der Waals surface area (Å²) in [7, 11) is 2.93. The molecule has 1 fully saturated rings. The third-order valence-corrected chi connectivity index (χ3v) is 5.36. The number of benzene rings is 2. The van der Waals surface area contributed by atoms with Crippen molar-refractivity contribution in [2.75, 3.05) is 32.7 Å². The lowest BCUT2D eigenvalue weighted by molar-refractivity contribution is -0.151. The molecule has 1 aliphatic rings. The Morgan fingerprint density at radius 3 is 2.50 bits per heavy atom. The van der Waals surface area contributed by atoms with Crippen molar-refractivity contribution in [2.24, 2.45) is 5.92 Å². The van der Waals surface area contributed by atoms with Crippen LogP contribution in [0.25, 0.3) is 0 Å². The van der Waals surface area contributed by atoms with Gasteiger partial charge in [-0.2, -0.15) is 0 Å². The van der Waals surface area contributed by atoms with Crippen molar-refractivity contribution in [3.63, 3.8) is 0 Å². The zero-order valence-electron chi connectivity index (χ0n) is 19.3. The van der Waals surface area contributed by atoms with Crippen molar-refractivity contribution >= 4 is 29.4 Å². The Kier molecular flexibility index (Phi) is 8.07. The van der Waals surface area contributed by atoms with Gasteiger partial charge < -0.3 is 19.5 Å². The molecule has 180 valence electrons. The summed E-state index contributed by atoms with van der Waals surface area (Å²) in [5, 5.41) is 3.79.